The lowest BCUT2D eigenvalue weighted by Crippen LogP contribution is -2.09. The highest BCUT2D eigenvalue weighted by Gasteiger charge is 2.29. The zero-order valence-electron chi connectivity index (χ0n) is 10.4. The second kappa shape index (κ2) is 4.81. The molecular formula is C13H20N2O. The quantitative estimate of drug-likeness (QED) is 0.765. The van der Waals surface area contributed by atoms with Gasteiger partial charge >= 0.3 is 0 Å². The molecule has 0 spiro atoms. The topological polar surface area (TPSA) is 35.0 Å². The number of nitrogens with zero attached hydrogens (tertiary/aromatic N) is 2. The molecule has 1 aliphatic rings. The lowest BCUT2D eigenvalue weighted by molar-refractivity contribution is 0.257. The molecular weight excluding hydrogens is 200 g/mol. The maximum Gasteiger partial charge on any atom is 0.235 e. The van der Waals surface area contributed by atoms with E-state index in [-0.39, 0.29) is 0 Å². The number of aromatic nitrogens is 2. The van der Waals surface area contributed by atoms with E-state index in [1.54, 1.807) is 0 Å². The second-order valence-corrected chi connectivity index (χ2v) is 4.88. The van der Waals surface area contributed by atoms with Gasteiger partial charge in [-0.05, 0) is 25.2 Å². The molecule has 1 heterocycles. The van der Waals surface area contributed by atoms with Gasteiger partial charge in [0.25, 0.3) is 0 Å². The van der Waals surface area contributed by atoms with Crippen molar-refractivity contribution in [3.05, 3.63) is 17.6 Å². The summed E-state index contributed by atoms with van der Waals surface area (Å²) in [6, 6.07) is 0. The molecule has 2 rings (SSSR count). The maximum absolute atomic E-state index is 5.73. The van der Waals surface area contributed by atoms with Crippen LogP contribution in [0, 0.1) is 5.92 Å². The van der Waals surface area contributed by atoms with Gasteiger partial charge in [-0.2, -0.15) is 0 Å². The number of aryl methyl sites for hydroxylation is 1. The van der Waals surface area contributed by atoms with Crippen molar-refractivity contribution in [3.8, 4) is 5.88 Å². The minimum atomic E-state index is 0.528. The molecule has 3 heteroatoms. The van der Waals surface area contributed by atoms with Gasteiger partial charge in [0, 0.05) is 5.92 Å². The van der Waals surface area contributed by atoms with Gasteiger partial charge < -0.3 is 4.74 Å². The molecule has 0 unspecified atom stereocenters. The molecule has 16 heavy (non-hydrogen) atoms. The molecule has 1 aliphatic carbocycles. The molecule has 1 aromatic rings. The number of rotatable bonds is 5. The molecule has 0 saturated heterocycles. The van der Waals surface area contributed by atoms with Gasteiger partial charge in [0.2, 0.25) is 5.88 Å². The van der Waals surface area contributed by atoms with E-state index >= 15 is 0 Å². The summed E-state index contributed by atoms with van der Waals surface area (Å²) in [5.74, 6) is 1.88. The normalized spacial score (nSPS) is 15.5. The van der Waals surface area contributed by atoms with Crippen LogP contribution in [0.1, 0.15) is 50.9 Å². The molecule has 0 aromatic carbocycles. The fraction of sp³-hybridized carbons (Fsp3) is 0.692. The van der Waals surface area contributed by atoms with Gasteiger partial charge in [0.05, 0.1) is 18.5 Å². The largest absolute Gasteiger partial charge is 0.476 e. The van der Waals surface area contributed by atoms with Crippen LogP contribution in [-0.2, 0) is 6.42 Å². The Morgan fingerprint density at radius 2 is 2.19 bits per heavy atom. The molecule has 0 bridgehead atoms. The van der Waals surface area contributed by atoms with Crippen LogP contribution >= 0.6 is 0 Å². The van der Waals surface area contributed by atoms with Crippen LogP contribution in [0.2, 0.25) is 0 Å². The highest BCUT2D eigenvalue weighted by atomic mass is 16.5. The summed E-state index contributed by atoms with van der Waals surface area (Å²) in [6.45, 7) is 7.12. The Kier molecular flexibility index (Phi) is 3.42. The zero-order chi connectivity index (χ0) is 11.5. The van der Waals surface area contributed by atoms with Crippen molar-refractivity contribution in [1.29, 1.82) is 0 Å². The van der Waals surface area contributed by atoms with E-state index < -0.39 is 0 Å². The standard InChI is InChI=1S/C13H20N2O/c1-4-11-7-14-13(16-8-9(2)3)12(15-11)10-5-6-10/h7,9-10H,4-6,8H2,1-3H3. The third-order valence-corrected chi connectivity index (χ3v) is 2.69. The van der Waals surface area contributed by atoms with E-state index in [0.29, 0.717) is 11.8 Å². The van der Waals surface area contributed by atoms with E-state index in [0.717, 1.165) is 30.3 Å². The van der Waals surface area contributed by atoms with Crippen LogP contribution in [0.25, 0.3) is 0 Å². The summed E-state index contributed by atoms with van der Waals surface area (Å²) in [5.41, 5.74) is 2.15. The number of ether oxygens (including phenoxy) is 1. The van der Waals surface area contributed by atoms with Crippen molar-refractivity contribution in [2.75, 3.05) is 6.61 Å². The first-order chi connectivity index (χ1) is 7.70. The SMILES string of the molecule is CCc1cnc(OCC(C)C)c(C2CC2)n1. The van der Waals surface area contributed by atoms with Crippen LogP contribution in [0.4, 0.5) is 0 Å². The summed E-state index contributed by atoms with van der Waals surface area (Å²) in [4.78, 5) is 9.04. The van der Waals surface area contributed by atoms with E-state index in [2.05, 4.69) is 30.7 Å². The van der Waals surface area contributed by atoms with Crippen molar-refractivity contribution in [1.82, 2.24) is 9.97 Å². The molecule has 0 radical (unpaired) electrons. The van der Waals surface area contributed by atoms with Gasteiger partial charge in [-0.3, -0.25) is 4.98 Å². The predicted octanol–water partition coefficient (Wildman–Crippen LogP) is 2.95. The molecule has 0 atom stereocenters. The third-order valence-electron chi connectivity index (χ3n) is 2.69. The van der Waals surface area contributed by atoms with Crippen molar-refractivity contribution in [2.24, 2.45) is 5.92 Å². The molecule has 0 aliphatic heterocycles. The van der Waals surface area contributed by atoms with Crippen LogP contribution in [-0.4, -0.2) is 16.6 Å². The number of hydrogen-bond donors (Lipinski definition) is 0. The summed E-state index contributed by atoms with van der Waals surface area (Å²) in [5, 5.41) is 0. The summed E-state index contributed by atoms with van der Waals surface area (Å²) >= 11 is 0. The third kappa shape index (κ3) is 2.71. The number of hydrogen-bond acceptors (Lipinski definition) is 3. The van der Waals surface area contributed by atoms with E-state index in [9.17, 15) is 0 Å². The fourth-order valence-electron chi connectivity index (χ4n) is 1.58. The average molecular weight is 220 g/mol. The van der Waals surface area contributed by atoms with Crippen LogP contribution in [0.3, 0.4) is 0 Å². The smallest absolute Gasteiger partial charge is 0.235 e. The summed E-state index contributed by atoms with van der Waals surface area (Å²) in [7, 11) is 0. The first-order valence-electron chi connectivity index (χ1n) is 6.19. The van der Waals surface area contributed by atoms with E-state index in [4.69, 9.17) is 4.74 Å². The van der Waals surface area contributed by atoms with E-state index in [1.807, 2.05) is 6.20 Å². The van der Waals surface area contributed by atoms with Crippen LogP contribution < -0.4 is 4.74 Å². The van der Waals surface area contributed by atoms with Crippen LogP contribution in [0.5, 0.6) is 5.88 Å². The monoisotopic (exact) mass is 220 g/mol. The van der Waals surface area contributed by atoms with Gasteiger partial charge in [0.15, 0.2) is 0 Å². The lowest BCUT2D eigenvalue weighted by atomic mass is 10.2. The van der Waals surface area contributed by atoms with Crippen molar-refractivity contribution < 1.29 is 4.74 Å². The average Bonchev–Trinajstić information content (AvgIpc) is 3.10. The van der Waals surface area contributed by atoms with Gasteiger partial charge in [0.1, 0.15) is 5.69 Å². The summed E-state index contributed by atoms with van der Waals surface area (Å²) in [6.07, 6.45) is 5.25. The molecule has 3 nitrogen and oxygen atoms in total. The Morgan fingerprint density at radius 3 is 2.75 bits per heavy atom. The van der Waals surface area contributed by atoms with Gasteiger partial charge in [-0.15, -0.1) is 0 Å². The lowest BCUT2D eigenvalue weighted by Gasteiger charge is -2.11. The van der Waals surface area contributed by atoms with Gasteiger partial charge in [-0.25, -0.2) is 4.98 Å². The Hall–Kier alpha value is -1.12. The molecule has 1 aromatic heterocycles. The van der Waals surface area contributed by atoms with Crippen molar-refractivity contribution in [3.63, 3.8) is 0 Å². The maximum atomic E-state index is 5.73. The predicted molar refractivity (Wildman–Crippen MR) is 63.7 cm³/mol. The summed E-state index contributed by atoms with van der Waals surface area (Å²) < 4.78 is 5.73. The molecule has 0 N–H and O–H groups in total. The Labute approximate surface area is 97.3 Å². The highest BCUT2D eigenvalue weighted by molar-refractivity contribution is 5.27. The minimum absolute atomic E-state index is 0.528. The Bertz CT molecular complexity index is 359. The first kappa shape index (κ1) is 11.4. The van der Waals surface area contributed by atoms with Crippen molar-refractivity contribution >= 4 is 0 Å². The van der Waals surface area contributed by atoms with Gasteiger partial charge in [-0.1, -0.05) is 20.8 Å². The molecule has 0 amide bonds. The second-order valence-electron chi connectivity index (χ2n) is 4.88. The Balaban J connectivity index is 2.15. The fourth-order valence-corrected chi connectivity index (χ4v) is 1.58. The first-order valence-corrected chi connectivity index (χ1v) is 6.19. The van der Waals surface area contributed by atoms with E-state index in [1.165, 1.54) is 12.8 Å². The highest BCUT2D eigenvalue weighted by Crippen LogP contribution is 2.42. The Morgan fingerprint density at radius 1 is 1.44 bits per heavy atom. The molecule has 88 valence electrons. The minimum Gasteiger partial charge on any atom is -0.476 e. The molecule has 1 fully saturated rings. The zero-order valence-corrected chi connectivity index (χ0v) is 10.4. The van der Waals surface area contributed by atoms with Crippen LogP contribution in [0.15, 0.2) is 6.20 Å². The van der Waals surface area contributed by atoms with Crippen molar-refractivity contribution in [2.45, 2.75) is 46.0 Å². The molecule has 1 saturated carbocycles.